The number of pyridine rings is 1. The Labute approximate surface area is 154 Å². The van der Waals surface area contributed by atoms with Crippen molar-refractivity contribution in [1.29, 1.82) is 0 Å². The van der Waals surface area contributed by atoms with E-state index in [0.717, 1.165) is 36.0 Å². The van der Waals surface area contributed by atoms with Crippen molar-refractivity contribution < 1.29 is 0 Å². The Morgan fingerprint density at radius 2 is 2.00 bits per heavy atom. The molecule has 6 heteroatoms. The van der Waals surface area contributed by atoms with E-state index in [1.807, 2.05) is 43.7 Å². The summed E-state index contributed by atoms with van der Waals surface area (Å²) in [5.74, 6) is 1.74. The van der Waals surface area contributed by atoms with E-state index >= 15 is 0 Å². The van der Waals surface area contributed by atoms with E-state index in [-0.39, 0.29) is 0 Å². The van der Waals surface area contributed by atoms with E-state index in [2.05, 4.69) is 48.4 Å². The highest BCUT2D eigenvalue weighted by Gasteiger charge is 2.09. The van der Waals surface area contributed by atoms with Crippen LogP contribution in [0.3, 0.4) is 0 Å². The van der Waals surface area contributed by atoms with Crippen LogP contribution >= 0.6 is 0 Å². The fraction of sp³-hybridized carbons (Fsp3) is 0.250. The van der Waals surface area contributed by atoms with Crippen molar-refractivity contribution in [3.8, 4) is 11.3 Å². The number of nitrogens with zero attached hydrogens (tertiary/aromatic N) is 4. The summed E-state index contributed by atoms with van der Waals surface area (Å²) in [6, 6.07) is 14.2. The molecule has 3 rings (SSSR count). The average molecular weight is 348 g/mol. The maximum Gasteiger partial charge on any atom is 0.193 e. The summed E-state index contributed by atoms with van der Waals surface area (Å²) in [4.78, 5) is 18.4. The summed E-state index contributed by atoms with van der Waals surface area (Å²) in [6.07, 6.45) is 6.45. The molecular formula is C20H24N6. The van der Waals surface area contributed by atoms with Gasteiger partial charge in [-0.3, -0.25) is 9.98 Å². The molecule has 0 spiro atoms. The van der Waals surface area contributed by atoms with Crippen LogP contribution < -0.4 is 5.32 Å². The van der Waals surface area contributed by atoms with Crippen LogP contribution in [0, 0.1) is 0 Å². The Morgan fingerprint density at radius 1 is 1.15 bits per heavy atom. The first-order valence-electron chi connectivity index (χ1n) is 8.66. The highest BCUT2D eigenvalue weighted by atomic mass is 15.3. The van der Waals surface area contributed by atoms with Crippen molar-refractivity contribution in [1.82, 2.24) is 25.2 Å². The van der Waals surface area contributed by atoms with Gasteiger partial charge >= 0.3 is 0 Å². The zero-order chi connectivity index (χ0) is 18.2. The van der Waals surface area contributed by atoms with E-state index in [4.69, 9.17) is 0 Å². The lowest BCUT2D eigenvalue weighted by atomic mass is 10.2. The average Bonchev–Trinajstić information content (AvgIpc) is 3.15. The first-order valence-corrected chi connectivity index (χ1v) is 8.66. The fourth-order valence-electron chi connectivity index (χ4n) is 2.76. The highest BCUT2D eigenvalue weighted by Crippen LogP contribution is 2.16. The summed E-state index contributed by atoms with van der Waals surface area (Å²) in [6.45, 7) is 1.45. The quantitative estimate of drug-likeness (QED) is 0.531. The van der Waals surface area contributed by atoms with E-state index in [1.54, 1.807) is 13.2 Å². The number of hydrogen-bond acceptors (Lipinski definition) is 3. The lowest BCUT2D eigenvalue weighted by Crippen LogP contribution is -2.39. The number of benzene rings is 1. The van der Waals surface area contributed by atoms with Gasteiger partial charge in [0.2, 0.25) is 0 Å². The standard InChI is InChI=1S/C20H24N6/c1-21-20(23-12-10-16-7-6-11-22-13-16)26(2)15-19-24-14-18(25-19)17-8-4-3-5-9-17/h3-9,11,13-14H,10,12,15H2,1-2H3,(H,21,23)(H,24,25). The SMILES string of the molecule is CN=C(NCCc1cccnc1)N(C)Cc1ncc(-c2ccccc2)[nH]1. The molecule has 0 aliphatic heterocycles. The molecule has 2 aromatic heterocycles. The Bertz CT molecular complexity index is 826. The normalized spacial score (nSPS) is 11.4. The van der Waals surface area contributed by atoms with Crippen LogP contribution in [0.4, 0.5) is 0 Å². The predicted molar refractivity (Wildman–Crippen MR) is 105 cm³/mol. The molecule has 0 atom stereocenters. The number of H-pyrrole nitrogens is 1. The summed E-state index contributed by atoms with van der Waals surface area (Å²) in [7, 11) is 3.80. The Morgan fingerprint density at radius 3 is 2.73 bits per heavy atom. The second-order valence-electron chi connectivity index (χ2n) is 6.05. The first kappa shape index (κ1) is 17.7. The summed E-state index contributed by atoms with van der Waals surface area (Å²) < 4.78 is 0. The largest absolute Gasteiger partial charge is 0.356 e. The van der Waals surface area contributed by atoms with Crippen LogP contribution in [0.5, 0.6) is 0 Å². The van der Waals surface area contributed by atoms with Gasteiger partial charge in [-0.1, -0.05) is 36.4 Å². The second-order valence-corrected chi connectivity index (χ2v) is 6.05. The third kappa shape index (κ3) is 4.69. The number of aliphatic imine (C=N–C) groups is 1. The number of aromatic nitrogens is 3. The van der Waals surface area contributed by atoms with Gasteiger partial charge in [0.05, 0.1) is 18.4 Å². The van der Waals surface area contributed by atoms with Crippen LogP contribution in [0.1, 0.15) is 11.4 Å². The lowest BCUT2D eigenvalue weighted by molar-refractivity contribution is 0.464. The second kappa shape index (κ2) is 8.80. The van der Waals surface area contributed by atoms with Gasteiger partial charge in [0.15, 0.2) is 5.96 Å². The van der Waals surface area contributed by atoms with Crippen molar-refractivity contribution in [3.63, 3.8) is 0 Å². The molecule has 0 unspecified atom stereocenters. The fourth-order valence-corrected chi connectivity index (χ4v) is 2.76. The third-order valence-electron chi connectivity index (χ3n) is 4.09. The topological polar surface area (TPSA) is 69.2 Å². The molecule has 0 aliphatic carbocycles. The lowest BCUT2D eigenvalue weighted by Gasteiger charge is -2.21. The minimum Gasteiger partial charge on any atom is -0.356 e. The molecule has 2 N–H and O–H groups in total. The van der Waals surface area contributed by atoms with Crippen LogP contribution in [0.2, 0.25) is 0 Å². The number of rotatable bonds is 6. The third-order valence-corrected chi connectivity index (χ3v) is 4.09. The molecule has 0 amide bonds. The summed E-state index contributed by atoms with van der Waals surface area (Å²) >= 11 is 0. The monoisotopic (exact) mass is 348 g/mol. The van der Waals surface area contributed by atoms with Gasteiger partial charge in [-0.05, 0) is 23.6 Å². The minimum atomic E-state index is 0.652. The Balaban J connectivity index is 1.54. The molecule has 6 nitrogen and oxygen atoms in total. The maximum atomic E-state index is 4.49. The number of guanidine groups is 1. The molecule has 1 aromatic carbocycles. The zero-order valence-electron chi connectivity index (χ0n) is 15.2. The molecule has 26 heavy (non-hydrogen) atoms. The van der Waals surface area contributed by atoms with Crippen LogP contribution in [0.15, 0.2) is 66.0 Å². The Hall–Kier alpha value is -3.15. The van der Waals surface area contributed by atoms with E-state index in [1.165, 1.54) is 5.56 Å². The van der Waals surface area contributed by atoms with Gasteiger partial charge in [0.25, 0.3) is 0 Å². The molecule has 0 saturated carbocycles. The van der Waals surface area contributed by atoms with Gasteiger partial charge < -0.3 is 15.2 Å². The predicted octanol–water partition coefficient (Wildman–Crippen LogP) is 2.72. The number of imidazole rings is 1. The van der Waals surface area contributed by atoms with Crippen molar-refractivity contribution in [2.24, 2.45) is 4.99 Å². The smallest absolute Gasteiger partial charge is 0.193 e. The van der Waals surface area contributed by atoms with Gasteiger partial charge in [0, 0.05) is 33.0 Å². The van der Waals surface area contributed by atoms with Crippen LogP contribution in [0.25, 0.3) is 11.3 Å². The minimum absolute atomic E-state index is 0.652. The molecule has 0 radical (unpaired) electrons. The van der Waals surface area contributed by atoms with Gasteiger partial charge in [-0.15, -0.1) is 0 Å². The molecular weight excluding hydrogens is 324 g/mol. The number of aromatic amines is 1. The molecule has 3 aromatic rings. The molecule has 0 bridgehead atoms. The summed E-state index contributed by atoms with van der Waals surface area (Å²) in [5.41, 5.74) is 3.36. The van der Waals surface area contributed by atoms with Crippen LogP contribution in [-0.2, 0) is 13.0 Å². The van der Waals surface area contributed by atoms with E-state index < -0.39 is 0 Å². The van der Waals surface area contributed by atoms with E-state index in [9.17, 15) is 0 Å². The van der Waals surface area contributed by atoms with Crippen molar-refractivity contribution in [2.75, 3.05) is 20.6 Å². The number of hydrogen-bond donors (Lipinski definition) is 2. The van der Waals surface area contributed by atoms with Gasteiger partial charge in [-0.25, -0.2) is 4.98 Å². The molecule has 0 saturated heterocycles. The van der Waals surface area contributed by atoms with Crippen LogP contribution in [-0.4, -0.2) is 46.5 Å². The molecule has 0 aliphatic rings. The summed E-state index contributed by atoms with van der Waals surface area (Å²) in [5, 5.41) is 3.38. The zero-order valence-corrected chi connectivity index (χ0v) is 15.2. The van der Waals surface area contributed by atoms with E-state index in [0.29, 0.717) is 6.54 Å². The van der Waals surface area contributed by atoms with Crippen molar-refractivity contribution >= 4 is 5.96 Å². The maximum absolute atomic E-state index is 4.49. The molecule has 2 heterocycles. The van der Waals surface area contributed by atoms with Gasteiger partial charge in [-0.2, -0.15) is 0 Å². The Kier molecular flexibility index (Phi) is 5.98. The number of nitrogens with one attached hydrogen (secondary N) is 2. The molecule has 0 fully saturated rings. The van der Waals surface area contributed by atoms with Crippen molar-refractivity contribution in [2.45, 2.75) is 13.0 Å². The first-order chi connectivity index (χ1) is 12.8. The van der Waals surface area contributed by atoms with Gasteiger partial charge in [0.1, 0.15) is 5.82 Å². The molecule has 134 valence electrons. The van der Waals surface area contributed by atoms with Crippen molar-refractivity contribution in [3.05, 3.63) is 72.4 Å². The highest BCUT2D eigenvalue weighted by molar-refractivity contribution is 5.79.